The van der Waals surface area contributed by atoms with Gasteiger partial charge in [0, 0.05) is 11.4 Å². The van der Waals surface area contributed by atoms with Crippen LogP contribution in [-0.4, -0.2) is 40.9 Å². The highest BCUT2D eigenvalue weighted by molar-refractivity contribution is 6.31. The van der Waals surface area contributed by atoms with Gasteiger partial charge >= 0.3 is 0 Å². The van der Waals surface area contributed by atoms with Gasteiger partial charge in [0.25, 0.3) is 0 Å². The summed E-state index contributed by atoms with van der Waals surface area (Å²) in [4.78, 5) is 11.8. The lowest BCUT2D eigenvalue weighted by Gasteiger charge is -2.31. The van der Waals surface area contributed by atoms with Gasteiger partial charge in [0.1, 0.15) is 18.0 Å². The zero-order valence-corrected chi connectivity index (χ0v) is 16.7. The first-order valence-electron chi connectivity index (χ1n) is 9.39. The third-order valence-corrected chi connectivity index (χ3v) is 5.08. The quantitative estimate of drug-likeness (QED) is 0.771. The van der Waals surface area contributed by atoms with Crippen molar-refractivity contribution in [2.24, 2.45) is 0 Å². The molecule has 2 aromatic carbocycles. The average molecular weight is 405 g/mol. The third kappa shape index (κ3) is 4.92. The van der Waals surface area contributed by atoms with E-state index in [1.54, 1.807) is 6.07 Å². The van der Waals surface area contributed by atoms with Gasteiger partial charge in [-0.1, -0.05) is 35.9 Å². The van der Waals surface area contributed by atoms with Crippen LogP contribution in [0.4, 0.5) is 0 Å². The molecule has 0 aliphatic carbocycles. The van der Waals surface area contributed by atoms with Crippen LogP contribution in [-0.2, 0) is 16.0 Å². The molecule has 1 heterocycles. The third-order valence-electron chi connectivity index (χ3n) is 4.71. The molecular weight excluding hydrogens is 380 g/mol. The topological polar surface area (TPSA) is 76.0 Å². The number of carbonyl (C=O) groups excluding carboxylic acids is 1. The zero-order chi connectivity index (χ0) is 20.3. The van der Waals surface area contributed by atoms with Gasteiger partial charge in [-0.3, -0.25) is 4.79 Å². The van der Waals surface area contributed by atoms with Crippen molar-refractivity contribution in [1.29, 1.82) is 0 Å². The Morgan fingerprint density at radius 2 is 1.93 bits per heavy atom. The van der Waals surface area contributed by atoms with Crippen LogP contribution in [0.25, 0.3) is 0 Å². The molecule has 1 saturated heterocycles. The second-order valence-electron chi connectivity index (χ2n) is 7.29. The second kappa shape index (κ2) is 9.05. The molecular formula is C22H25ClO5. The molecule has 0 bridgehead atoms. The lowest BCUT2D eigenvalue weighted by Crippen LogP contribution is -2.43. The average Bonchev–Trinajstić information content (AvgIpc) is 2.66. The van der Waals surface area contributed by atoms with Crippen molar-refractivity contribution < 1.29 is 24.5 Å². The molecule has 1 fully saturated rings. The number of rotatable bonds is 6. The van der Waals surface area contributed by atoms with Crippen molar-refractivity contribution in [3.05, 3.63) is 64.2 Å². The van der Waals surface area contributed by atoms with E-state index in [-0.39, 0.29) is 12.5 Å². The van der Waals surface area contributed by atoms with E-state index in [1.165, 1.54) is 0 Å². The van der Waals surface area contributed by atoms with Crippen molar-refractivity contribution in [1.82, 2.24) is 0 Å². The van der Waals surface area contributed by atoms with Gasteiger partial charge in [0.2, 0.25) is 0 Å². The molecule has 1 aliphatic heterocycles. The first kappa shape index (κ1) is 20.8. The number of hydrogen-bond donors (Lipinski definition) is 2. The Hall–Kier alpha value is -1.92. The summed E-state index contributed by atoms with van der Waals surface area (Å²) in [5.74, 6) is 0.347. The van der Waals surface area contributed by atoms with E-state index in [4.69, 9.17) is 21.1 Å². The standard InChI is InChI=1S/C22H25ClO5/c1-13(2)27-17-6-3-14(4-7-17)9-16-10-15(5-8-18(16)23)20-11-19(25)22(26)21(12-24)28-20/h3-8,10,13,19-21,24-25H,9,11-12H2,1-2H3. The SMILES string of the molecule is CC(C)Oc1ccc(Cc2cc(C3CC(O)C(=O)C(CO)O3)ccc2Cl)cc1. The minimum Gasteiger partial charge on any atom is -0.491 e. The van der Waals surface area contributed by atoms with Crippen molar-refractivity contribution in [2.45, 2.75) is 51.1 Å². The smallest absolute Gasteiger partial charge is 0.192 e. The Kier molecular flexibility index (Phi) is 6.73. The van der Waals surface area contributed by atoms with E-state index >= 15 is 0 Å². The summed E-state index contributed by atoms with van der Waals surface area (Å²) in [5.41, 5.74) is 2.83. The summed E-state index contributed by atoms with van der Waals surface area (Å²) in [7, 11) is 0. The molecule has 6 heteroatoms. The molecule has 150 valence electrons. The molecule has 28 heavy (non-hydrogen) atoms. The summed E-state index contributed by atoms with van der Waals surface area (Å²) >= 11 is 6.38. The number of aliphatic hydroxyl groups excluding tert-OH is 2. The predicted octanol–water partition coefficient (Wildman–Crippen LogP) is 3.47. The Balaban J connectivity index is 1.77. The van der Waals surface area contributed by atoms with Crippen molar-refractivity contribution in [2.75, 3.05) is 6.61 Å². The number of benzene rings is 2. The van der Waals surface area contributed by atoms with Crippen LogP contribution in [0.1, 0.15) is 43.1 Å². The molecule has 3 unspecified atom stereocenters. The maximum atomic E-state index is 11.8. The van der Waals surface area contributed by atoms with Crippen molar-refractivity contribution in [3.8, 4) is 5.75 Å². The Labute approximate surface area is 169 Å². The molecule has 0 amide bonds. The normalized spacial score (nSPS) is 22.5. The van der Waals surface area contributed by atoms with Gasteiger partial charge in [-0.05, 0) is 55.2 Å². The highest BCUT2D eigenvalue weighted by Crippen LogP contribution is 2.32. The lowest BCUT2D eigenvalue weighted by atomic mass is 9.93. The predicted molar refractivity (Wildman–Crippen MR) is 107 cm³/mol. The van der Waals surface area contributed by atoms with Gasteiger partial charge in [0.05, 0.1) is 18.8 Å². The van der Waals surface area contributed by atoms with Crippen molar-refractivity contribution in [3.63, 3.8) is 0 Å². The molecule has 0 spiro atoms. The Morgan fingerprint density at radius 3 is 2.57 bits per heavy atom. The number of Topliss-reactive ketones (excluding diaryl/α,β-unsaturated/α-hetero) is 1. The van der Waals surface area contributed by atoms with Gasteiger partial charge < -0.3 is 19.7 Å². The largest absolute Gasteiger partial charge is 0.491 e. The summed E-state index contributed by atoms with van der Waals surface area (Å²) in [6, 6.07) is 13.4. The number of halogens is 1. The molecule has 2 aromatic rings. The van der Waals surface area contributed by atoms with Crippen LogP contribution in [0.3, 0.4) is 0 Å². The molecule has 3 rings (SSSR count). The lowest BCUT2D eigenvalue weighted by molar-refractivity contribution is -0.161. The maximum absolute atomic E-state index is 11.8. The molecule has 2 N–H and O–H groups in total. The van der Waals surface area contributed by atoms with E-state index in [0.29, 0.717) is 11.4 Å². The summed E-state index contributed by atoms with van der Waals surface area (Å²) < 4.78 is 11.3. The highest BCUT2D eigenvalue weighted by Gasteiger charge is 2.36. The minimum atomic E-state index is -1.14. The van der Waals surface area contributed by atoms with Gasteiger partial charge in [-0.15, -0.1) is 0 Å². The number of hydrogen-bond acceptors (Lipinski definition) is 5. The molecule has 3 atom stereocenters. The summed E-state index contributed by atoms with van der Waals surface area (Å²) in [6.45, 7) is 3.52. The number of ketones is 1. The fourth-order valence-corrected chi connectivity index (χ4v) is 3.49. The number of ether oxygens (including phenoxy) is 2. The maximum Gasteiger partial charge on any atom is 0.192 e. The first-order valence-corrected chi connectivity index (χ1v) is 9.77. The van der Waals surface area contributed by atoms with E-state index in [2.05, 4.69) is 0 Å². The molecule has 0 radical (unpaired) electrons. The summed E-state index contributed by atoms with van der Waals surface area (Å²) in [6.07, 6.45) is -1.69. The van der Waals surface area contributed by atoms with Crippen LogP contribution < -0.4 is 4.74 Å². The van der Waals surface area contributed by atoms with E-state index in [1.807, 2.05) is 50.2 Å². The van der Waals surface area contributed by atoms with E-state index in [0.717, 1.165) is 22.4 Å². The first-order chi connectivity index (χ1) is 13.4. The zero-order valence-electron chi connectivity index (χ0n) is 16.0. The highest BCUT2D eigenvalue weighted by atomic mass is 35.5. The fraction of sp³-hybridized carbons (Fsp3) is 0.409. The van der Waals surface area contributed by atoms with Gasteiger partial charge in [-0.25, -0.2) is 0 Å². The second-order valence-corrected chi connectivity index (χ2v) is 7.70. The van der Waals surface area contributed by atoms with E-state index in [9.17, 15) is 15.0 Å². The van der Waals surface area contributed by atoms with Crippen molar-refractivity contribution >= 4 is 17.4 Å². The van der Waals surface area contributed by atoms with Gasteiger partial charge in [-0.2, -0.15) is 0 Å². The van der Waals surface area contributed by atoms with Crippen LogP contribution in [0.2, 0.25) is 5.02 Å². The van der Waals surface area contributed by atoms with Crippen LogP contribution in [0.5, 0.6) is 5.75 Å². The van der Waals surface area contributed by atoms with Crippen LogP contribution >= 0.6 is 11.6 Å². The fourth-order valence-electron chi connectivity index (χ4n) is 3.31. The number of aliphatic hydroxyl groups is 2. The minimum absolute atomic E-state index is 0.123. The Bertz CT molecular complexity index is 818. The number of carbonyl (C=O) groups is 1. The molecule has 0 saturated carbocycles. The summed E-state index contributed by atoms with van der Waals surface area (Å²) in [5, 5.41) is 19.9. The van der Waals surface area contributed by atoms with Gasteiger partial charge in [0.15, 0.2) is 5.78 Å². The molecule has 5 nitrogen and oxygen atoms in total. The van der Waals surface area contributed by atoms with Crippen LogP contribution in [0.15, 0.2) is 42.5 Å². The van der Waals surface area contributed by atoms with Crippen LogP contribution in [0, 0.1) is 0 Å². The monoisotopic (exact) mass is 404 g/mol. The Morgan fingerprint density at radius 1 is 1.21 bits per heavy atom. The van der Waals surface area contributed by atoms with E-state index < -0.39 is 30.7 Å². The molecule has 1 aliphatic rings. The molecule has 0 aromatic heterocycles.